The third-order valence-electron chi connectivity index (χ3n) is 2.64. The SMILES string of the molecule is [B]C(C=N)CNCC1CN(C(=O)OC(C)(C)C)C1. The molecular formula is C12H22BN3O2. The summed E-state index contributed by atoms with van der Waals surface area (Å²) in [4.78, 5) is 13.4. The van der Waals surface area contributed by atoms with Crippen LogP contribution in [0.15, 0.2) is 0 Å². The van der Waals surface area contributed by atoms with Gasteiger partial charge in [-0.15, -0.1) is 0 Å². The highest BCUT2D eigenvalue weighted by atomic mass is 16.6. The van der Waals surface area contributed by atoms with Crippen molar-refractivity contribution in [3.05, 3.63) is 0 Å². The van der Waals surface area contributed by atoms with Crippen molar-refractivity contribution in [2.24, 2.45) is 5.92 Å². The number of amides is 1. The third-order valence-corrected chi connectivity index (χ3v) is 2.64. The van der Waals surface area contributed by atoms with Crippen LogP contribution in [-0.2, 0) is 4.74 Å². The van der Waals surface area contributed by atoms with Crippen molar-refractivity contribution in [2.45, 2.75) is 32.2 Å². The maximum Gasteiger partial charge on any atom is 0.410 e. The summed E-state index contributed by atoms with van der Waals surface area (Å²) in [6, 6.07) is 0. The van der Waals surface area contributed by atoms with E-state index in [2.05, 4.69) is 5.32 Å². The highest BCUT2D eigenvalue weighted by Gasteiger charge is 2.33. The third kappa shape index (κ3) is 5.08. The summed E-state index contributed by atoms with van der Waals surface area (Å²) in [5, 5.41) is 10.2. The minimum absolute atomic E-state index is 0.230. The van der Waals surface area contributed by atoms with Gasteiger partial charge in [0.1, 0.15) is 5.60 Å². The molecule has 0 aromatic rings. The molecule has 1 amide bonds. The summed E-state index contributed by atoms with van der Waals surface area (Å²) in [5.74, 6) is 0.225. The highest BCUT2D eigenvalue weighted by Crippen LogP contribution is 2.18. The van der Waals surface area contributed by atoms with Crippen molar-refractivity contribution in [3.8, 4) is 0 Å². The molecule has 0 aliphatic carbocycles. The standard InChI is InChI=1S/C12H22BN3O2/c1-12(2,3)18-11(17)16-7-9(8-16)5-15-6-10(13)4-14/h4,9-10,14-15H,5-8H2,1-3H3. The van der Waals surface area contributed by atoms with E-state index in [4.69, 9.17) is 18.0 Å². The lowest BCUT2D eigenvalue weighted by Crippen LogP contribution is -2.54. The quantitative estimate of drug-likeness (QED) is 0.567. The van der Waals surface area contributed by atoms with E-state index in [9.17, 15) is 4.79 Å². The monoisotopic (exact) mass is 251 g/mol. The lowest BCUT2D eigenvalue weighted by atomic mass is 9.88. The van der Waals surface area contributed by atoms with Crippen molar-refractivity contribution in [1.82, 2.24) is 10.2 Å². The Balaban J connectivity index is 2.12. The zero-order valence-electron chi connectivity index (χ0n) is 11.4. The molecule has 1 aliphatic rings. The fourth-order valence-corrected chi connectivity index (χ4v) is 1.69. The second-order valence-electron chi connectivity index (χ2n) is 5.74. The summed E-state index contributed by atoms with van der Waals surface area (Å²) in [5.41, 5.74) is -0.433. The molecule has 5 nitrogen and oxygen atoms in total. The number of carbonyl (C=O) groups is 1. The van der Waals surface area contributed by atoms with Crippen LogP contribution in [0.1, 0.15) is 20.8 Å². The summed E-state index contributed by atoms with van der Waals surface area (Å²) < 4.78 is 5.27. The number of carbonyl (C=O) groups excluding carboxylic acids is 1. The molecule has 0 saturated carbocycles. The van der Waals surface area contributed by atoms with E-state index in [1.165, 1.54) is 6.21 Å². The van der Waals surface area contributed by atoms with Crippen molar-refractivity contribution < 1.29 is 9.53 Å². The molecule has 0 spiro atoms. The van der Waals surface area contributed by atoms with Gasteiger partial charge < -0.3 is 20.4 Å². The summed E-state index contributed by atoms with van der Waals surface area (Å²) in [6.45, 7) is 8.46. The predicted molar refractivity (Wildman–Crippen MR) is 72.5 cm³/mol. The Morgan fingerprint density at radius 1 is 1.61 bits per heavy atom. The van der Waals surface area contributed by atoms with Crippen LogP contribution in [0.25, 0.3) is 0 Å². The highest BCUT2D eigenvalue weighted by molar-refractivity contribution is 6.20. The zero-order valence-corrected chi connectivity index (χ0v) is 11.4. The molecule has 6 heteroatoms. The fourth-order valence-electron chi connectivity index (χ4n) is 1.69. The molecule has 1 aliphatic heterocycles. The lowest BCUT2D eigenvalue weighted by Gasteiger charge is -2.40. The van der Waals surface area contributed by atoms with Gasteiger partial charge in [0.05, 0.1) is 7.85 Å². The summed E-state index contributed by atoms with van der Waals surface area (Å²) in [7, 11) is 5.57. The second kappa shape index (κ2) is 6.23. The van der Waals surface area contributed by atoms with E-state index in [0.29, 0.717) is 12.5 Å². The van der Waals surface area contributed by atoms with Gasteiger partial charge in [-0.25, -0.2) is 4.79 Å². The summed E-state index contributed by atoms with van der Waals surface area (Å²) >= 11 is 0. The van der Waals surface area contributed by atoms with Crippen LogP contribution in [0.3, 0.4) is 0 Å². The Morgan fingerprint density at radius 3 is 2.72 bits per heavy atom. The first-order chi connectivity index (χ1) is 8.31. The van der Waals surface area contributed by atoms with Crippen LogP contribution < -0.4 is 5.32 Å². The van der Waals surface area contributed by atoms with Crippen LogP contribution in [0.2, 0.25) is 5.82 Å². The molecule has 0 aromatic heterocycles. The van der Waals surface area contributed by atoms with Crippen molar-refractivity contribution >= 4 is 20.2 Å². The molecule has 1 atom stereocenters. The van der Waals surface area contributed by atoms with Crippen molar-refractivity contribution in [1.29, 1.82) is 5.41 Å². The molecular weight excluding hydrogens is 229 g/mol. The van der Waals surface area contributed by atoms with Gasteiger partial charge in [-0.1, -0.05) is 0 Å². The molecule has 0 aromatic carbocycles. The number of hydrogen-bond donors (Lipinski definition) is 2. The maximum absolute atomic E-state index is 11.6. The normalized spacial score (nSPS) is 18.1. The Morgan fingerprint density at radius 2 is 2.22 bits per heavy atom. The van der Waals surface area contributed by atoms with Crippen LogP contribution in [0.4, 0.5) is 4.79 Å². The second-order valence-corrected chi connectivity index (χ2v) is 5.74. The van der Waals surface area contributed by atoms with Gasteiger partial charge in [0.25, 0.3) is 0 Å². The van der Waals surface area contributed by atoms with Gasteiger partial charge in [-0.05, 0) is 39.3 Å². The molecule has 1 rings (SSSR count). The Labute approximate surface area is 110 Å². The van der Waals surface area contributed by atoms with Crippen LogP contribution >= 0.6 is 0 Å². The lowest BCUT2D eigenvalue weighted by molar-refractivity contribution is -0.000702. The van der Waals surface area contributed by atoms with Crippen molar-refractivity contribution in [3.63, 3.8) is 0 Å². The van der Waals surface area contributed by atoms with Crippen LogP contribution in [0.5, 0.6) is 0 Å². The van der Waals surface area contributed by atoms with Gasteiger partial charge in [0.15, 0.2) is 0 Å². The number of nitrogens with one attached hydrogen (secondary N) is 2. The molecule has 2 radical (unpaired) electrons. The first kappa shape index (κ1) is 15.0. The van der Waals surface area contributed by atoms with Crippen LogP contribution in [0, 0.1) is 11.3 Å². The maximum atomic E-state index is 11.6. The predicted octanol–water partition coefficient (Wildman–Crippen LogP) is 1.05. The summed E-state index contributed by atoms with van der Waals surface area (Å²) in [6.07, 6.45) is 0.982. The Bertz CT molecular complexity index is 298. The van der Waals surface area contributed by atoms with E-state index in [1.807, 2.05) is 20.8 Å². The smallest absolute Gasteiger partial charge is 0.410 e. The van der Waals surface area contributed by atoms with Gasteiger partial charge in [-0.2, -0.15) is 0 Å². The van der Waals surface area contributed by atoms with E-state index in [1.54, 1.807) is 4.90 Å². The average molecular weight is 251 g/mol. The minimum atomic E-state index is -0.433. The van der Waals surface area contributed by atoms with Gasteiger partial charge in [-0.3, -0.25) is 0 Å². The van der Waals surface area contributed by atoms with E-state index < -0.39 is 5.60 Å². The molecule has 1 heterocycles. The average Bonchev–Trinajstić information content (AvgIpc) is 2.17. The number of likely N-dealkylation sites (tertiary alicyclic amines) is 1. The van der Waals surface area contributed by atoms with E-state index >= 15 is 0 Å². The molecule has 0 bridgehead atoms. The van der Waals surface area contributed by atoms with Crippen LogP contribution in [-0.4, -0.2) is 56.8 Å². The topological polar surface area (TPSA) is 65.4 Å². The number of rotatable bonds is 5. The van der Waals surface area contributed by atoms with Gasteiger partial charge >= 0.3 is 6.09 Å². The minimum Gasteiger partial charge on any atom is -0.444 e. The van der Waals surface area contributed by atoms with Gasteiger partial charge in [0.2, 0.25) is 0 Å². The van der Waals surface area contributed by atoms with Crippen molar-refractivity contribution in [2.75, 3.05) is 26.2 Å². The number of hydrogen-bond acceptors (Lipinski definition) is 4. The first-order valence-electron chi connectivity index (χ1n) is 6.26. The molecule has 100 valence electrons. The molecule has 1 fully saturated rings. The van der Waals surface area contributed by atoms with E-state index in [-0.39, 0.29) is 11.9 Å². The number of nitrogens with zero attached hydrogens (tertiary/aromatic N) is 1. The van der Waals surface area contributed by atoms with E-state index in [0.717, 1.165) is 19.6 Å². The zero-order chi connectivity index (χ0) is 13.8. The van der Waals surface area contributed by atoms with Gasteiger partial charge in [0, 0.05) is 25.6 Å². The number of ether oxygens (including phenoxy) is 1. The largest absolute Gasteiger partial charge is 0.444 e. The Kier molecular flexibility index (Phi) is 5.20. The first-order valence-corrected chi connectivity index (χ1v) is 6.26. The molecule has 2 N–H and O–H groups in total. The Hall–Kier alpha value is -1.04. The molecule has 1 saturated heterocycles. The molecule has 18 heavy (non-hydrogen) atoms. The fraction of sp³-hybridized carbons (Fsp3) is 0.833. The molecule has 1 unspecified atom stereocenters.